The Morgan fingerprint density at radius 3 is 1.75 bits per heavy atom. The van der Waals surface area contributed by atoms with Crippen molar-refractivity contribution in [3.05, 3.63) is 0 Å². The van der Waals surface area contributed by atoms with Gasteiger partial charge in [0.25, 0.3) is 0 Å². The molecule has 25 valence electrons. The fraction of sp³-hybridized carbons (Fsp3) is 1.00. The van der Waals surface area contributed by atoms with Gasteiger partial charge in [0.2, 0.25) is 0 Å². The van der Waals surface area contributed by atoms with Crippen LogP contribution in [-0.2, 0) is 3.08 Å². The Hall–Kier alpha value is 1.08. The first-order valence-corrected chi connectivity index (χ1v) is 4.72. The summed E-state index contributed by atoms with van der Waals surface area (Å²) in [6.07, 6.45) is 0. The van der Waals surface area contributed by atoms with Gasteiger partial charge in [-0.2, -0.15) is 0 Å². The minimum atomic E-state index is -1.02. The normalized spacial score (nSPS) is 3.25. The molecule has 0 saturated heterocycles. The van der Waals surface area contributed by atoms with Crippen LogP contribution in [0.15, 0.2) is 0 Å². The van der Waals surface area contributed by atoms with E-state index < -0.39 is 21.1 Å². The number of hydrogen-bond acceptors (Lipinski definition) is 1. The minimum absolute atomic E-state index is 0. The van der Waals surface area contributed by atoms with Crippen molar-refractivity contribution in [3.8, 4) is 0 Å². The van der Waals surface area contributed by atoms with E-state index in [-0.39, 0.29) is 17.0 Å². The summed E-state index contributed by atoms with van der Waals surface area (Å²) in [6, 6.07) is 0. The molecule has 0 saturated carbocycles. The summed E-state index contributed by atoms with van der Waals surface area (Å²) >= 11 is -1.02. The van der Waals surface area contributed by atoms with E-state index in [0.29, 0.717) is 0 Å². The summed E-state index contributed by atoms with van der Waals surface area (Å²) < 4.78 is 9.10. The van der Waals surface area contributed by atoms with Gasteiger partial charge in [-0.05, 0) is 0 Å². The Labute approximate surface area is 46.1 Å². The van der Waals surface area contributed by atoms with E-state index in [1.807, 2.05) is 0 Å². The molecule has 3 heteroatoms. The molecule has 0 heterocycles. The molecule has 0 aromatic rings. The zero-order valence-corrected chi connectivity index (χ0v) is 6.88. The molecule has 0 aromatic carbocycles. The third kappa shape index (κ3) is 11.4. The third-order valence-electron chi connectivity index (χ3n) is 0. The van der Waals surface area contributed by atoms with Gasteiger partial charge in [-0.25, -0.2) is 0 Å². The number of rotatable bonds is 0. The first-order valence-electron chi connectivity index (χ1n) is 0.704. The van der Waals surface area contributed by atoms with Crippen LogP contribution in [-0.4, -0.2) is 21.1 Å². The van der Waals surface area contributed by atoms with E-state index in [2.05, 4.69) is 0 Å². The van der Waals surface area contributed by atoms with Gasteiger partial charge in [0.05, 0.1) is 0 Å². The molecule has 4 heavy (non-hydrogen) atoms. The van der Waals surface area contributed by atoms with Crippen LogP contribution in [0.25, 0.3) is 0 Å². The van der Waals surface area contributed by atoms with Crippen molar-refractivity contribution in [2.75, 3.05) is 0 Å². The van der Waals surface area contributed by atoms with Crippen LogP contribution in [0.5, 0.6) is 0 Å². The van der Waals surface area contributed by atoms with Gasteiger partial charge in [0, 0.05) is 0 Å². The van der Waals surface area contributed by atoms with Gasteiger partial charge in [-0.15, -0.1) is 17.0 Å². The summed E-state index contributed by atoms with van der Waals surface area (Å²) in [5.74, 6) is 0. The third-order valence-corrected chi connectivity index (χ3v) is 0. The molecule has 0 fully saturated rings. The second kappa shape index (κ2) is 8.95. The molecule has 0 rings (SSSR count). The van der Waals surface area contributed by atoms with Gasteiger partial charge < -0.3 is 0 Å². The molecule has 0 aliphatic carbocycles. The number of hydrogen-bond donors (Lipinski definition) is 0. The fourth-order valence-corrected chi connectivity index (χ4v) is 0. The van der Waals surface area contributed by atoms with Crippen molar-refractivity contribution >= 4 is 38.1 Å². The summed E-state index contributed by atoms with van der Waals surface area (Å²) in [5.41, 5.74) is 0. The van der Waals surface area contributed by atoms with Gasteiger partial charge in [0.1, 0.15) is 0 Å². The summed E-state index contributed by atoms with van der Waals surface area (Å²) in [7, 11) is 0. The predicted octanol–water partition coefficient (Wildman–Crippen LogP) is 0.662. The monoisotopic (exact) mass is 231 g/mol. The van der Waals surface area contributed by atoms with E-state index in [0.717, 1.165) is 0 Å². The summed E-state index contributed by atoms with van der Waals surface area (Å²) in [4.78, 5) is 1.74. The topological polar surface area (TPSA) is 17.1 Å². The van der Waals surface area contributed by atoms with Crippen LogP contribution in [0.3, 0.4) is 0 Å². The quantitative estimate of drug-likeness (QED) is 0.559. The van der Waals surface area contributed by atoms with Gasteiger partial charge >= 0.3 is 29.1 Å². The van der Waals surface area contributed by atoms with Crippen LogP contribution in [0, 0.1) is 0 Å². The van der Waals surface area contributed by atoms with Gasteiger partial charge in [-0.3, -0.25) is 0 Å². The Bertz CT molecular complexity index is 15.5. The van der Waals surface area contributed by atoms with E-state index in [9.17, 15) is 0 Å². The molecule has 0 aromatic heterocycles. The molecule has 0 bridgehead atoms. The standard InChI is InChI=1S/CH3.BrH.O.Sn/h1H3;1H;;. The van der Waals surface area contributed by atoms with Crippen LogP contribution < -0.4 is 0 Å². The molecule has 0 N–H and O–H groups in total. The van der Waals surface area contributed by atoms with Crippen LogP contribution in [0.4, 0.5) is 0 Å². The first-order chi connectivity index (χ1) is 1.41. The SMILES string of the molecule is Br.[CH3][Sn]=[O]. The average molecular weight is 231 g/mol. The van der Waals surface area contributed by atoms with Crippen LogP contribution in [0.1, 0.15) is 0 Å². The Balaban J connectivity index is 0. The molecule has 0 atom stereocenters. The number of halogens is 1. The molecular formula is CH4BrOSn. The second-order valence-corrected chi connectivity index (χ2v) is 1.37. The Kier molecular flexibility index (Phi) is 19.9. The molecule has 0 aliphatic heterocycles. The zero-order chi connectivity index (χ0) is 2.71. The van der Waals surface area contributed by atoms with Crippen LogP contribution >= 0.6 is 17.0 Å². The maximum atomic E-state index is 9.10. The zero-order valence-electron chi connectivity index (χ0n) is 2.32. The predicted molar refractivity (Wildman–Crippen MR) is 22.6 cm³/mol. The first kappa shape index (κ1) is 8.91. The van der Waals surface area contributed by atoms with Crippen molar-refractivity contribution < 1.29 is 3.08 Å². The summed E-state index contributed by atoms with van der Waals surface area (Å²) in [5, 5.41) is 0. The Morgan fingerprint density at radius 2 is 1.75 bits per heavy atom. The second-order valence-electron chi connectivity index (χ2n) is 0.204. The average Bonchev–Trinajstić information content (AvgIpc) is 0.918. The molecular weight excluding hydrogens is 227 g/mol. The molecule has 1 nitrogen and oxygen atoms in total. The fourth-order valence-electron chi connectivity index (χ4n) is 0. The maximum absolute atomic E-state index is 9.10. The van der Waals surface area contributed by atoms with E-state index in [1.54, 1.807) is 4.94 Å². The van der Waals surface area contributed by atoms with Crippen LogP contribution in [0.2, 0.25) is 4.94 Å². The van der Waals surface area contributed by atoms with Crippen molar-refractivity contribution in [2.24, 2.45) is 0 Å². The molecule has 0 amide bonds. The van der Waals surface area contributed by atoms with Gasteiger partial charge in [0.15, 0.2) is 0 Å². The van der Waals surface area contributed by atoms with Gasteiger partial charge in [-0.1, -0.05) is 0 Å². The Morgan fingerprint density at radius 1 is 1.75 bits per heavy atom. The van der Waals surface area contributed by atoms with Crippen molar-refractivity contribution in [2.45, 2.75) is 4.94 Å². The molecule has 0 unspecified atom stereocenters. The molecule has 1 radical (unpaired) electrons. The van der Waals surface area contributed by atoms with Crippen molar-refractivity contribution in [3.63, 3.8) is 0 Å². The van der Waals surface area contributed by atoms with Crippen molar-refractivity contribution in [1.29, 1.82) is 0 Å². The molecule has 0 aliphatic rings. The summed E-state index contributed by atoms with van der Waals surface area (Å²) in [6.45, 7) is 0. The van der Waals surface area contributed by atoms with E-state index in [1.165, 1.54) is 0 Å². The van der Waals surface area contributed by atoms with E-state index in [4.69, 9.17) is 3.08 Å². The van der Waals surface area contributed by atoms with Crippen molar-refractivity contribution in [1.82, 2.24) is 0 Å². The van der Waals surface area contributed by atoms with E-state index >= 15 is 0 Å². The molecule has 0 spiro atoms.